The third-order valence-corrected chi connectivity index (χ3v) is 3.92. The Morgan fingerprint density at radius 1 is 1.48 bits per heavy atom. The average Bonchev–Trinajstić information content (AvgIpc) is 3.10. The minimum absolute atomic E-state index is 0.0540. The molecule has 0 saturated carbocycles. The van der Waals surface area contributed by atoms with E-state index < -0.39 is 0 Å². The second kappa shape index (κ2) is 5.37. The quantitative estimate of drug-likeness (QED) is 0.863. The van der Waals surface area contributed by atoms with Gasteiger partial charge in [-0.3, -0.25) is 9.69 Å². The second-order valence-corrected chi connectivity index (χ2v) is 5.60. The maximum atomic E-state index is 12.0. The van der Waals surface area contributed by atoms with Gasteiger partial charge < -0.3 is 13.9 Å². The number of rotatable bonds is 3. The van der Waals surface area contributed by atoms with Gasteiger partial charge in [-0.15, -0.1) is 0 Å². The van der Waals surface area contributed by atoms with Gasteiger partial charge in [-0.2, -0.15) is 0 Å². The number of amides is 1. The van der Waals surface area contributed by atoms with Crippen molar-refractivity contribution in [1.82, 2.24) is 19.4 Å². The molecule has 0 N–H and O–H groups in total. The third-order valence-electron chi connectivity index (χ3n) is 3.92. The number of imidazole rings is 1. The van der Waals surface area contributed by atoms with Gasteiger partial charge in [0.2, 0.25) is 0 Å². The molecule has 112 valence electrons. The highest BCUT2D eigenvalue weighted by molar-refractivity contribution is 5.91. The van der Waals surface area contributed by atoms with Crippen molar-refractivity contribution in [1.29, 1.82) is 0 Å². The summed E-state index contributed by atoms with van der Waals surface area (Å²) in [6.07, 6.45) is 3.55. The van der Waals surface area contributed by atoms with Gasteiger partial charge in [-0.1, -0.05) is 0 Å². The van der Waals surface area contributed by atoms with Crippen LogP contribution < -0.4 is 0 Å². The summed E-state index contributed by atoms with van der Waals surface area (Å²) in [6.45, 7) is 4.64. The largest absolute Gasteiger partial charge is 0.468 e. The zero-order valence-electron chi connectivity index (χ0n) is 12.6. The van der Waals surface area contributed by atoms with E-state index in [9.17, 15) is 4.79 Å². The molecule has 2 aromatic heterocycles. The third kappa shape index (κ3) is 2.58. The molecule has 0 radical (unpaired) electrons. The van der Waals surface area contributed by atoms with Crippen LogP contribution in [0.15, 0.2) is 29.0 Å². The number of aromatic nitrogens is 2. The zero-order valence-corrected chi connectivity index (χ0v) is 12.6. The standard InChI is InChI=1S/C15H20N4O2/c1-11-14-16-13(15(20)17(2)3)10-19(14)7-6-18(11)9-12-5-4-8-21-12/h4-5,8,10-11H,6-7,9H2,1-3H3/t11-/m1/s1. The van der Waals surface area contributed by atoms with Gasteiger partial charge >= 0.3 is 0 Å². The lowest BCUT2D eigenvalue weighted by atomic mass is 10.2. The molecule has 3 heterocycles. The molecular weight excluding hydrogens is 268 g/mol. The first-order chi connectivity index (χ1) is 10.1. The summed E-state index contributed by atoms with van der Waals surface area (Å²) < 4.78 is 7.50. The lowest BCUT2D eigenvalue weighted by Crippen LogP contribution is -2.36. The molecule has 0 aromatic carbocycles. The highest BCUT2D eigenvalue weighted by Crippen LogP contribution is 2.26. The molecule has 1 atom stereocenters. The van der Waals surface area contributed by atoms with Crippen LogP contribution in [0, 0.1) is 0 Å². The predicted octanol–water partition coefficient (Wildman–Crippen LogP) is 1.75. The predicted molar refractivity (Wildman–Crippen MR) is 77.8 cm³/mol. The van der Waals surface area contributed by atoms with Crippen LogP contribution in [-0.2, 0) is 13.1 Å². The lowest BCUT2D eigenvalue weighted by Gasteiger charge is -2.32. The van der Waals surface area contributed by atoms with E-state index in [-0.39, 0.29) is 11.9 Å². The van der Waals surface area contributed by atoms with Crippen LogP contribution >= 0.6 is 0 Å². The molecule has 1 aliphatic heterocycles. The van der Waals surface area contributed by atoms with Crippen molar-refractivity contribution in [3.63, 3.8) is 0 Å². The molecule has 6 nitrogen and oxygen atoms in total. The molecule has 6 heteroatoms. The Morgan fingerprint density at radius 3 is 2.95 bits per heavy atom. The Morgan fingerprint density at radius 2 is 2.29 bits per heavy atom. The number of carbonyl (C=O) groups excluding carboxylic acids is 1. The summed E-state index contributed by atoms with van der Waals surface area (Å²) in [5.74, 6) is 1.84. The highest BCUT2D eigenvalue weighted by atomic mass is 16.3. The van der Waals surface area contributed by atoms with E-state index in [0.717, 1.165) is 31.2 Å². The first-order valence-corrected chi connectivity index (χ1v) is 7.11. The Bertz CT molecular complexity index is 630. The maximum Gasteiger partial charge on any atom is 0.273 e. The minimum Gasteiger partial charge on any atom is -0.468 e. The van der Waals surface area contributed by atoms with Crippen molar-refractivity contribution in [3.8, 4) is 0 Å². The molecule has 0 spiro atoms. The van der Waals surface area contributed by atoms with E-state index in [4.69, 9.17) is 4.42 Å². The van der Waals surface area contributed by atoms with Gasteiger partial charge in [0.25, 0.3) is 5.91 Å². The Balaban J connectivity index is 1.81. The van der Waals surface area contributed by atoms with Crippen LogP contribution in [0.5, 0.6) is 0 Å². The Kier molecular flexibility index (Phi) is 3.55. The molecule has 0 aliphatic carbocycles. The van der Waals surface area contributed by atoms with Crippen molar-refractivity contribution in [3.05, 3.63) is 41.9 Å². The summed E-state index contributed by atoms with van der Waals surface area (Å²) in [4.78, 5) is 20.4. The van der Waals surface area contributed by atoms with Crippen molar-refractivity contribution < 1.29 is 9.21 Å². The summed E-state index contributed by atoms with van der Waals surface area (Å²) >= 11 is 0. The van der Waals surface area contributed by atoms with Crippen LogP contribution in [-0.4, -0.2) is 45.9 Å². The number of fused-ring (bicyclic) bond motifs is 1. The summed E-state index contributed by atoms with van der Waals surface area (Å²) in [5.41, 5.74) is 0.515. The van der Waals surface area contributed by atoms with Crippen molar-refractivity contribution in [2.45, 2.75) is 26.1 Å². The molecule has 0 saturated heterocycles. The van der Waals surface area contributed by atoms with E-state index in [1.807, 2.05) is 18.3 Å². The molecule has 21 heavy (non-hydrogen) atoms. The number of carbonyl (C=O) groups is 1. The fourth-order valence-electron chi connectivity index (χ4n) is 2.69. The molecule has 1 amide bonds. The van der Waals surface area contributed by atoms with Gasteiger partial charge in [0.1, 0.15) is 17.3 Å². The Labute approximate surface area is 124 Å². The van der Waals surface area contributed by atoms with Gasteiger partial charge in [0.15, 0.2) is 0 Å². The number of hydrogen-bond donors (Lipinski definition) is 0. The van der Waals surface area contributed by atoms with Crippen LogP contribution in [0.2, 0.25) is 0 Å². The van der Waals surface area contributed by atoms with Crippen molar-refractivity contribution >= 4 is 5.91 Å². The van der Waals surface area contributed by atoms with E-state index in [1.165, 1.54) is 0 Å². The molecule has 3 rings (SSSR count). The first-order valence-electron chi connectivity index (χ1n) is 7.11. The number of hydrogen-bond acceptors (Lipinski definition) is 4. The fraction of sp³-hybridized carbons (Fsp3) is 0.467. The second-order valence-electron chi connectivity index (χ2n) is 5.60. The van der Waals surface area contributed by atoms with Crippen molar-refractivity contribution in [2.24, 2.45) is 0 Å². The average molecular weight is 288 g/mol. The van der Waals surface area contributed by atoms with Crippen molar-refractivity contribution in [2.75, 3.05) is 20.6 Å². The van der Waals surface area contributed by atoms with Gasteiger partial charge in [-0.25, -0.2) is 4.98 Å². The van der Waals surface area contributed by atoms with Gasteiger partial charge in [-0.05, 0) is 19.1 Å². The van der Waals surface area contributed by atoms with E-state index in [0.29, 0.717) is 5.69 Å². The normalized spacial score (nSPS) is 18.5. The van der Waals surface area contributed by atoms with Crippen LogP contribution in [0.25, 0.3) is 0 Å². The monoisotopic (exact) mass is 288 g/mol. The molecule has 2 aromatic rings. The summed E-state index contributed by atoms with van der Waals surface area (Å²) in [6, 6.07) is 4.04. The fourth-order valence-corrected chi connectivity index (χ4v) is 2.69. The molecule has 0 unspecified atom stereocenters. The SMILES string of the molecule is C[C@@H]1c2nc(C(=O)N(C)C)cn2CCN1Cc1ccco1. The lowest BCUT2D eigenvalue weighted by molar-refractivity contribution is 0.0822. The minimum atomic E-state index is -0.0540. The summed E-state index contributed by atoms with van der Waals surface area (Å²) in [7, 11) is 3.49. The summed E-state index contributed by atoms with van der Waals surface area (Å²) in [5, 5.41) is 0. The topological polar surface area (TPSA) is 54.5 Å². The zero-order chi connectivity index (χ0) is 15.0. The van der Waals surface area contributed by atoms with E-state index >= 15 is 0 Å². The van der Waals surface area contributed by atoms with Gasteiger partial charge in [0, 0.05) is 33.4 Å². The molecule has 1 aliphatic rings. The van der Waals surface area contributed by atoms with Crippen LogP contribution in [0.1, 0.15) is 35.0 Å². The number of nitrogens with zero attached hydrogens (tertiary/aromatic N) is 4. The Hall–Kier alpha value is -2.08. The maximum absolute atomic E-state index is 12.0. The van der Waals surface area contributed by atoms with Gasteiger partial charge in [0.05, 0.1) is 18.8 Å². The van der Waals surface area contributed by atoms with Crippen LogP contribution in [0.3, 0.4) is 0 Å². The number of furan rings is 1. The highest BCUT2D eigenvalue weighted by Gasteiger charge is 2.28. The first kappa shape index (κ1) is 13.9. The molecule has 0 bridgehead atoms. The van der Waals surface area contributed by atoms with Crippen LogP contribution in [0.4, 0.5) is 0 Å². The van der Waals surface area contributed by atoms with E-state index in [2.05, 4.69) is 21.4 Å². The van der Waals surface area contributed by atoms with E-state index in [1.54, 1.807) is 25.3 Å². The smallest absolute Gasteiger partial charge is 0.273 e. The molecule has 0 fully saturated rings. The molecular formula is C15H20N4O2.